The number of aliphatic hydroxyl groups is 33. The summed E-state index contributed by atoms with van der Waals surface area (Å²) in [4.78, 5) is 52.8. The van der Waals surface area contributed by atoms with Gasteiger partial charge in [0.15, 0.2) is 106 Å². The summed E-state index contributed by atoms with van der Waals surface area (Å²) in [6, 6.07) is 0. The predicted molar refractivity (Wildman–Crippen MR) is 424 cm³/mol. The maximum atomic E-state index is 13.7. The fourth-order valence-corrected chi connectivity index (χ4v) is 18.4. The van der Waals surface area contributed by atoms with Crippen molar-refractivity contribution in [3.63, 3.8) is 0 Å². The molecule has 13 heterocycles. The third-order valence-electron chi connectivity index (χ3n) is 26.9. The zero-order valence-corrected chi connectivity index (χ0v) is 75.4. The maximum absolute atomic E-state index is 13.7. The molecule has 0 spiro atoms. The van der Waals surface area contributed by atoms with E-state index in [9.17, 15) is 208 Å². The Labute approximate surface area is 808 Å². The minimum absolute atomic E-state index is 0.864. The second-order valence-electron chi connectivity index (χ2n) is 36.6. The van der Waals surface area contributed by atoms with Crippen molar-refractivity contribution in [2.45, 2.75) is 427 Å². The number of ether oxygens (including phenoxy) is 25. The van der Waals surface area contributed by atoms with Gasteiger partial charge < -0.3 is 307 Å². The molecule has 0 radical (unpaired) electrons. The molecular weight excluding hydrogens is 1990 g/mol. The molecule has 0 aromatic carbocycles. The first-order chi connectivity index (χ1) is 67.7. The molecule has 66 nitrogen and oxygen atoms in total. The van der Waals surface area contributed by atoms with Gasteiger partial charge in [-0.15, -0.1) is 0 Å². The Hall–Kier alpha value is -4.44. The summed E-state index contributed by atoms with van der Waals surface area (Å²) in [7, 11) is 0. The van der Waals surface area contributed by atoms with Crippen LogP contribution >= 0.6 is 0 Å². The minimum atomic E-state index is -2.86. The van der Waals surface area contributed by atoms with E-state index in [4.69, 9.17) is 118 Å². The predicted octanol–water partition coefficient (Wildman–Crippen LogP) is -24.9. The van der Waals surface area contributed by atoms with Crippen molar-refractivity contribution in [1.82, 2.24) is 0 Å². The molecule has 13 aliphatic rings. The first-order valence-electron chi connectivity index (χ1n) is 45.1. The van der Waals surface area contributed by atoms with Gasteiger partial charge >= 0.3 is 23.9 Å². The van der Waals surface area contributed by atoms with Crippen molar-refractivity contribution in [1.29, 1.82) is 0 Å². The molecule has 66 heteroatoms. The Bertz CT molecular complexity index is 4090. The lowest BCUT2D eigenvalue weighted by atomic mass is 9.94. The molecule has 13 rings (SSSR count). The Morgan fingerprint density at radius 3 is 0.694 bits per heavy atom. The van der Waals surface area contributed by atoms with Crippen LogP contribution in [0.25, 0.3) is 0 Å². The van der Waals surface area contributed by atoms with Crippen LogP contribution in [0, 0.1) is 0 Å². The van der Waals surface area contributed by atoms with Crippen LogP contribution < -0.4 is 0 Å². The van der Waals surface area contributed by atoms with Crippen molar-refractivity contribution < 1.29 is 327 Å². The van der Waals surface area contributed by atoms with Crippen LogP contribution in [-0.2, 0) is 138 Å². The molecule has 832 valence electrons. The molecule has 0 bridgehead atoms. The second-order valence-corrected chi connectivity index (χ2v) is 36.6. The summed E-state index contributed by atoms with van der Waals surface area (Å²) in [6.45, 7) is -0.455. The van der Waals surface area contributed by atoms with Crippen molar-refractivity contribution in [2.24, 2.45) is 0 Å². The highest BCUT2D eigenvalue weighted by atomic mass is 16.8. The average Bonchev–Trinajstić information content (AvgIpc) is 0.756. The molecule has 65 atom stereocenters. The summed E-state index contributed by atoms with van der Waals surface area (Å²) < 4.78 is 142. The van der Waals surface area contributed by atoms with Gasteiger partial charge in [0.1, 0.15) is 269 Å². The third kappa shape index (κ3) is 23.9. The standard InChI is InChI=1S/C78H124O66/c1-10-19(82)31(94)56(76(123-10)134-51-33(96)42(105)73(142-59(51)63(113)114)138-55-45(108)48(11(2)122-66(55)119)131-70-39(102)28(91)23(86)17(129-70)8-120-67-36(99)25(88)20(83)14(5-79)126-67)139-74-43(106)34(97)52(60(143-74)64(115)116)136-78-58(47(110)50(13(4)125-78)133-71-40(103)29(92)24(87)18(130-71)9-121-68-37(100)26(89)21(84)15(6-80)127-68)141-75-44(107)35(98)53(61(144-75)65(117)118)135-77-57(140-72-41(104)30(93)32(95)54(137-72)62(111)112)46(109)49(12(3)124-77)132-69-38(101)27(90)22(85)16(7-81)128-69/h10-61,66-110,119H,5-9H2,1-4H3,(H,111,112)(H,113,114)(H,115,116)(H,117,118)/t10-,11-,12-,13-,14+,15+,16+,17+,18+,19-,20-,21-,22-,23-,24-,25-,26-,27-,28-,29-,30-,31+,32+,33+,34+,35+,36+,37+,38+,39+,40+,41+,42+,43+,44+,45+,46+,47+,48-,49-,50-,51+,52+,53+,54-,55+,56+,57+,58+,59-,60-,61-,66?,67+,68+,69-,70-,71-,72+,73-,74-,75-,76+,77+,78+/m0/s1. The number of rotatable bonds is 33. The number of carboxylic acid groups (broad SMARTS) is 4. The number of hydrogen-bond acceptors (Lipinski definition) is 62. The number of hydrogen-bond donors (Lipinski definition) is 37. The van der Waals surface area contributed by atoms with Gasteiger partial charge in [0.25, 0.3) is 0 Å². The van der Waals surface area contributed by atoms with Gasteiger partial charge in [0.2, 0.25) is 0 Å². The van der Waals surface area contributed by atoms with Crippen molar-refractivity contribution in [2.75, 3.05) is 33.0 Å². The monoisotopic (exact) mass is 2120 g/mol. The largest absolute Gasteiger partial charge is 0.479 e. The van der Waals surface area contributed by atoms with E-state index in [1.54, 1.807) is 0 Å². The maximum Gasteiger partial charge on any atom is 0.335 e. The van der Waals surface area contributed by atoms with Crippen LogP contribution in [0.15, 0.2) is 0 Å². The Balaban J connectivity index is 0.735. The van der Waals surface area contributed by atoms with Crippen LogP contribution in [0.1, 0.15) is 27.7 Å². The molecule has 0 aromatic heterocycles. The number of carbonyl (C=O) groups is 4. The quantitative estimate of drug-likeness (QED) is 0.0290. The third-order valence-corrected chi connectivity index (χ3v) is 26.9. The van der Waals surface area contributed by atoms with E-state index >= 15 is 0 Å². The summed E-state index contributed by atoms with van der Waals surface area (Å²) in [6.07, 6.45) is -148. The fourth-order valence-electron chi connectivity index (χ4n) is 18.4. The SMILES string of the molecule is C[C@@H]1O[C@H](O[C@@H]2[C@H](O)[C@@H](O)[C@@H](O[C@H]3C(O)O[C@@H](C)[C@H](O[C@@H]4O[C@H](CO[C@@H]5O[C@H](CO)[C@H](O)[C@H](O)[C@H]5O)[C@H](O)[C@H](O)[C@H]4O)[C@H]3O)O[C@@H]2C(=O)O)[C@H](O[C@H]2O[C@H](C(=O)O)[C@H](O[C@H]3O[C@@H](C)[C@H](O[C@@H]4O[C@H](CO[C@@H]5O[C@H](CO)[C@H](O)[C@H](O)[C@H]5O)[C@H](O)[C@H](O)[C@H]4O)[C@@H](O)[C@H]3O[C@H]3O[C@H](C(=O)O)[C@H](O[C@H]4O[C@@H](C)[C@H](O[C@@H]5O[C@H](CO)[C@H](O)[C@H](O)[C@H]5O)[C@@H](O)[C@H]4O[C@H]4O[C@H](C(=O)O)[C@H](O)[C@H](O)[C@H]4O)[C@H](O)[C@H]3O)[C@H](O)[C@H]2O)[C@H](O)[C@H]1O. The zero-order chi connectivity index (χ0) is 106. The Kier molecular flexibility index (Phi) is 39.3. The Morgan fingerprint density at radius 2 is 0.389 bits per heavy atom. The Morgan fingerprint density at radius 1 is 0.181 bits per heavy atom. The van der Waals surface area contributed by atoms with Crippen molar-refractivity contribution in [3.8, 4) is 0 Å². The normalized spacial score (nSPS) is 53.7. The summed E-state index contributed by atoms with van der Waals surface area (Å²) in [5, 5.41) is 409. The molecule has 37 N–H and O–H groups in total. The lowest BCUT2D eigenvalue weighted by molar-refractivity contribution is -0.411. The lowest BCUT2D eigenvalue weighted by Gasteiger charge is -2.51. The van der Waals surface area contributed by atoms with Gasteiger partial charge in [-0.05, 0) is 27.7 Å². The topological polar surface area (TPSA) is 1050 Å². The molecule has 13 saturated heterocycles. The van der Waals surface area contributed by atoms with Crippen LogP contribution in [-0.4, -0.2) is 645 Å². The number of carboxylic acids is 4. The molecule has 0 amide bonds. The smallest absolute Gasteiger partial charge is 0.335 e. The van der Waals surface area contributed by atoms with Gasteiger partial charge in [0.05, 0.1) is 57.5 Å². The molecule has 0 aliphatic carbocycles. The molecular formula is C78H124O66. The fraction of sp³-hybridized carbons (Fsp3) is 0.949. The van der Waals surface area contributed by atoms with Crippen molar-refractivity contribution in [3.05, 3.63) is 0 Å². The van der Waals surface area contributed by atoms with E-state index in [0.717, 1.165) is 20.8 Å². The van der Waals surface area contributed by atoms with E-state index in [0.29, 0.717) is 0 Å². The van der Waals surface area contributed by atoms with Gasteiger partial charge in [-0.3, -0.25) is 0 Å². The van der Waals surface area contributed by atoms with E-state index < -0.39 is 456 Å². The first-order valence-corrected chi connectivity index (χ1v) is 45.1. The van der Waals surface area contributed by atoms with E-state index in [2.05, 4.69) is 0 Å². The first kappa shape index (κ1) is 117. The summed E-state index contributed by atoms with van der Waals surface area (Å²) in [5.74, 6) is -8.57. The van der Waals surface area contributed by atoms with Gasteiger partial charge in [0, 0.05) is 0 Å². The number of aliphatic hydroxyl groups excluding tert-OH is 33. The molecule has 144 heavy (non-hydrogen) atoms. The highest BCUT2D eigenvalue weighted by molar-refractivity contribution is 5.75. The van der Waals surface area contributed by atoms with E-state index in [-0.39, 0.29) is 0 Å². The zero-order valence-electron chi connectivity index (χ0n) is 75.4. The number of aliphatic carboxylic acids is 4. The van der Waals surface area contributed by atoms with Gasteiger partial charge in [-0.1, -0.05) is 0 Å². The van der Waals surface area contributed by atoms with Gasteiger partial charge in [-0.25, -0.2) is 19.2 Å². The van der Waals surface area contributed by atoms with Crippen LogP contribution in [0.5, 0.6) is 0 Å². The highest BCUT2D eigenvalue weighted by Gasteiger charge is 2.65. The molecule has 13 fully saturated rings. The minimum Gasteiger partial charge on any atom is -0.479 e. The van der Waals surface area contributed by atoms with Crippen LogP contribution in [0.4, 0.5) is 0 Å². The van der Waals surface area contributed by atoms with Crippen molar-refractivity contribution >= 4 is 23.9 Å². The van der Waals surface area contributed by atoms with E-state index in [1.165, 1.54) is 6.92 Å². The lowest BCUT2D eigenvalue weighted by Crippen LogP contribution is -2.69. The molecule has 13 aliphatic heterocycles. The van der Waals surface area contributed by atoms with Crippen LogP contribution in [0.3, 0.4) is 0 Å². The summed E-state index contributed by atoms with van der Waals surface area (Å²) in [5.41, 5.74) is 0. The second kappa shape index (κ2) is 48.5. The molecule has 1 unspecified atom stereocenters. The van der Waals surface area contributed by atoms with Gasteiger partial charge in [-0.2, -0.15) is 0 Å². The van der Waals surface area contributed by atoms with Crippen LogP contribution in [0.2, 0.25) is 0 Å². The molecule has 0 aromatic rings. The summed E-state index contributed by atoms with van der Waals surface area (Å²) >= 11 is 0. The highest BCUT2D eigenvalue weighted by Crippen LogP contribution is 2.44. The average molecular weight is 2120 g/mol. The molecule has 0 saturated carbocycles. The van der Waals surface area contributed by atoms with E-state index in [1.807, 2.05) is 0 Å².